The number of benzene rings is 1. The fraction of sp³-hybridized carbons (Fsp3) is 0.235. The van der Waals surface area contributed by atoms with Gasteiger partial charge in [-0.2, -0.15) is 17.0 Å². The van der Waals surface area contributed by atoms with Gasteiger partial charge < -0.3 is 10.6 Å². The number of aliphatic imine (C=N–C) groups is 1. The third-order valence-electron chi connectivity index (χ3n) is 3.01. The third-order valence-corrected chi connectivity index (χ3v) is 4.66. The van der Waals surface area contributed by atoms with Gasteiger partial charge in [-0.15, -0.1) is 4.99 Å². The number of hydrogen-bond acceptors (Lipinski definition) is 6. The van der Waals surface area contributed by atoms with E-state index in [-0.39, 0.29) is 0 Å². The van der Waals surface area contributed by atoms with E-state index in [1.807, 2.05) is 60.6 Å². The molecule has 0 unspecified atom stereocenters. The summed E-state index contributed by atoms with van der Waals surface area (Å²) in [5, 5.41) is 15.6. The van der Waals surface area contributed by atoms with Gasteiger partial charge in [-0.05, 0) is 30.0 Å². The van der Waals surface area contributed by atoms with Gasteiger partial charge in [0, 0.05) is 29.9 Å². The number of amidine groups is 1. The first kappa shape index (κ1) is 18.2. The Morgan fingerprint density at radius 1 is 1.25 bits per heavy atom. The van der Waals surface area contributed by atoms with E-state index in [1.54, 1.807) is 6.19 Å². The van der Waals surface area contributed by atoms with Crippen LogP contribution in [0.4, 0.5) is 11.5 Å². The summed E-state index contributed by atoms with van der Waals surface area (Å²) in [5.74, 6) is 2.69. The molecule has 1 heterocycles. The lowest BCUT2D eigenvalue weighted by Gasteiger charge is -2.07. The second-order valence-corrected chi connectivity index (χ2v) is 6.64. The zero-order valence-corrected chi connectivity index (χ0v) is 15.0. The van der Waals surface area contributed by atoms with E-state index in [4.69, 9.17) is 5.26 Å². The summed E-state index contributed by atoms with van der Waals surface area (Å²) < 4.78 is 0. The third kappa shape index (κ3) is 6.52. The van der Waals surface area contributed by atoms with Crippen LogP contribution in [0.25, 0.3) is 0 Å². The number of aromatic nitrogens is 1. The summed E-state index contributed by atoms with van der Waals surface area (Å²) in [7, 11) is 0. The maximum absolute atomic E-state index is 8.53. The topological polar surface area (TPSA) is 73.1 Å². The molecule has 0 aliphatic carbocycles. The average Bonchev–Trinajstić information content (AvgIpc) is 2.63. The molecule has 0 aliphatic rings. The van der Waals surface area contributed by atoms with Gasteiger partial charge in [-0.3, -0.25) is 0 Å². The number of para-hydroxylation sites is 1. The first-order valence-electron chi connectivity index (χ1n) is 7.41. The minimum absolute atomic E-state index is 0.663. The van der Waals surface area contributed by atoms with Gasteiger partial charge in [-0.1, -0.05) is 36.0 Å². The van der Waals surface area contributed by atoms with Crippen molar-refractivity contribution in [1.82, 2.24) is 10.3 Å². The number of nitriles is 1. The Bertz CT molecular complexity index is 680. The van der Waals surface area contributed by atoms with Gasteiger partial charge in [0.05, 0.1) is 0 Å². The van der Waals surface area contributed by atoms with Crippen LogP contribution in [0.1, 0.15) is 5.56 Å². The minimum Gasteiger partial charge on any atom is -0.363 e. The number of thioether (sulfide) groups is 2. The molecule has 0 radical (unpaired) electrons. The fourth-order valence-electron chi connectivity index (χ4n) is 1.88. The Morgan fingerprint density at radius 3 is 2.75 bits per heavy atom. The van der Waals surface area contributed by atoms with Crippen molar-refractivity contribution < 1.29 is 0 Å². The first-order chi connectivity index (χ1) is 11.8. The van der Waals surface area contributed by atoms with Crippen LogP contribution in [0.3, 0.4) is 0 Å². The Labute approximate surface area is 151 Å². The lowest BCUT2D eigenvalue weighted by atomic mass is 10.3. The molecular weight excluding hydrogens is 338 g/mol. The largest absolute Gasteiger partial charge is 0.363 e. The van der Waals surface area contributed by atoms with Gasteiger partial charge in [-0.25, -0.2) is 4.98 Å². The number of rotatable bonds is 7. The summed E-state index contributed by atoms with van der Waals surface area (Å²) in [6.45, 7) is 0.785. The lowest BCUT2D eigenvalue weighted by molar-refractivity contribution is 0.991. The molecule has 0 spiro atoms. The highest BCUT2D eigenvalue weighted by atomic mass is 32.2. The molecule has 0 amide bonds. The molecule has 1 aromatic heterocycles. The molecular formula is C17H19N5S2. The van der Waals surface area contributed by atoms with Gasteiger partial charge >= 0.3 is 0 Å². The SMILES string of the molecule is CS/C(=N\C#N)NCCSCc1ccc(Nc2ccccc2)nc1. The molecule has 2 rings (SSSR count). The van der Waals surface area contributed by atoms with E-state index in [9.17, 15) is 0 Å². The summed E-state index contributed by atoms with van der Waals surface area (Å²) >= 11 is 3.26. The Morgan fingerprint density at radius 2 is 2.08 bits per heavy atom. The highest BCUT2D eigenvalue weighted by Crippen LogP contribution is 2.16. The molecule has 0 saturated heterocycles. The molecule has 1 aromatic carbocycles. The monoisotopic (exact) mass is 357 g/mol. The molecule has 124 valence electrons. The van der Waals surface area contributed by atoms with Crippen molar-refractivity contribution in [3.05, 3.63) is 54.2 Å². The van der Waals surface area contributed by atoms with Crippen molar-refractivity contribution in [3.63, 3.8) is 0 Å². The van der Waals surface area contributed by atoms with Gasteiger partial charge in [0.2, 0.25) is 6.19 Å². The van der Waals surface area contributed by atoms with E-state index >= 15 is 0 Å². The van der Waals surface area contributed by atoms with E-state index in [2.05, 4.69) is 26.7 Å². The molecule has 0 atom stereocenters. The van der Waals surface area contributed by atoms with Crippen LogP contribution in [0.5, 0.6) is 0 Å². The van der Waals surface area contributed by atoms with Crippen LogP contribution in [0.2, 0.25) is 0 Å². The predicted octanol–water partition coefficient (Wildman–Crippen LogP) is 3.85. The van der Waals surface area contributed by atoms with Gasteiger partial charge in [0.1, 0.15) is 5.82 Å². The summed E-state index contributed by atoms with van der Waals surface area (Å²) in [6, 6.07) is 14.1. The zero-order valence-electron chi connectivity index (χ0n) is 13.4. The predicted molar refractivity (Wildman–Crippen MR) is 105 cm³/mol. The molecule has 0 bridgehead atoms. The van der Waals surface area contributed by atoms with Crippen molar-refractivity contribution in [2.75, 3.05) is 23.9 Å². The molecule has 0 fully saturated rings. The van der Waals surface area contributed by atoms with Crippen LogP contribution < -0.4 is 10.6 Å². The van der Waals surface area contributed by atoms with Crippen molar-refractivity contribution in [2.45, 2.75) is 5.75 Å². The lowest BCUT2D eigenvalue weighted by Crippen LogP contribution is -2.22. The van der Waals surface area contributed by atoms with Crippen molar-refractivity contribution in [1.29, 1.82) is 5.26 Å². The number of anilines is 2. The molecule has 2 aromatic rings. The molecule has 2 N–H and O–H groups in total. The maximum Gasteiger partial charge on any atom is 0.208 e. The van der Waals surface area contributed by atoms with E-state index in [0.717, 1.165) is 29.6 Å². The van der Waals surface area contributed by atoms with E-state index in [1.165, 1.54) is 17.3 Å². The number of nitrogens with one attached hydrogen (secondary N) is 2. The van der Waals surface area contributed by atoms with Crippen LogP contribution in [-0.4, -0.2) is 28.7 Å². The maximum atomic E-state index is 8.53. The Kier molecular flexibility index (Phi) is 8.01. The van der Waals surface area contributed by atoms with Crippen molar-refractivity contribution in [3.8, 4) is 6.19 Å². The number of hydrogen-bond donors (Lipinski definition) is 2. The molecule has 24 heavy (non-hydrogen) atoms. The molecule has 5 nitrogen and oxygen atoms in total. The van der Waals surface area contributed by atoms with Crippen LogP contribution in [-0.2, 0) is 5.75 Å². The van der Waals surface area contributed by atoms with Crippen LogP contribution in [0, 0.1) is 11.5 Å². The minimum atomic E-state index is 0.663. The smallest absolute Gasteiger partial charge is 0.208 e. The molecule has 0 saturated carbocycles. The zero-order chi connectivity index (χ0) is 17.0. The number of pyridine rings is 1. The average molecular weight is 358 g/mol. The van der Waals surface area contributed by atoms with Crippen LogP contribution in [0.15, 0.2) is 53.7 Å². The quantitative estimate of drug-likeness (QED) is 0.339. The summed E-state index contributed by atoms with van der Waals surface area (Å²) in [6.07, 6.45) is 5.59. The van der Waals surface area contributed by atoms with Crippen LogP contribution >= 0.6 is 23.5 Å². The number of nitrogens with zero attached hydrogens (tertiary/aromatic N) is 3. The Balaban J connectivity index is 1.71. The second-order valence-electron chi connectivity index (χ2n) is 4.74. The van der Waals surface area contributed by atoms with E-state index < -0.39 is 0 Å². The first-order valence-corrected chi connectivity index (χ1v) is 9.79. The summed E-state index contributed by atoms with van der Waals surface area (Å²) in [4.78, 5) is 8.13. The molecule has 7 heteroatoms. The standard InChI is InChI=1S/C17H19N5S2/c1-23-17(21-13-18)19-9-10-24-12-14-7-8-16(20-11-14)22-15-5-3-2-4-6-15/h2-8,11H,9-10,12H2,1H3,(H,19,21)(H,20,22). The normalized spacial score (nSPS) is 10.9. The van der Waals surface area contributed by atoms with Crippen molar-refractivity contribution in [2.24, 2.45) is 4.99 Å². The highest BCUT2D eigenvalue weighted by molar-refractivity contribution is 8.13. The second kappa shape index (κ2) is 10.6. The van der Waals surface area contributed by atoms with Gasteiger partial charge in [0.15, 0.2) is 5.17 Å². The fourth-order valence-corrected chi connectivity index (χ4v) is 3.05. The molecule has 0 aliphatic heterocycles. The van der Waals surface area contributed by atoms with Crippen molar-refractivity contribution >= 4 is 40.2 Å². The highest BCUT2D eigenvalue weighted by Gasteiger charge is 1.99. The summed E-state index contributed by atoms with van der Waals surface area (Å²) in [5.41, 5.74) is 2.22. The van der Waals surface area contributed by atoms with Gasteiger partial charge in [0.25, 0.3) is 0 Å². The Hall–Kier alpha value is -2.17. The van der Waals surface area contributed by atoms with E-state index in [0.29, 0.717) is 5.17 Å².